The van der Waals surface area contributed by atoms with Crippen molar-refractivity contribution in [2.24, 2.45) is 0 Å². The molecule has 180 valence electrons. The van der Waals surface area contributed by atoms with Gasteiger partial charge in [-0.15, -0.1) is 0 Å². The lowest BCUT2D eigenvalue weighted by atomic mass is 10.2. The molecule has 3 rings (SSSR count). The van der Waals surface area contributed by atoms with Crippen molar-refractivity contribution < 1.29 is 31.1 Å². The Morgan fingerprint density at radius 2 is 1.75 bits per heavy atom. The van der Waals surface area contributed by atoms with Crippen LogP contribution in [0, 0.1) is 6.92 Å². The molecule has 0 saturated carbocycles. The Hall–Kier alpha value is -1.73. The van der Waals surface area contributed by atoms with Gasteiger partial charge in [-0.05, 0) is 31.5 Å². The van der Waals surface area contributed by atoms with Gasteiger partial charge in [-0.1, -0.05) is 6.07 Å². The number of halogens is 3. The number of nitrogens with zero attached hydrogens (tertiary/aromatic N) is 3. The van der Waals surface area contributed by atoms with Crippen LogP contribution in [0.1, 0.15) is 12.5 Å². The second-order valence-corrected chi connectivity index (χ2v) is 10.00. The van der Waals surface area contributed by atoms with E-state index < -0.39 is 28.8 Å². The van der Waals surface area contributed by atoms with Crippen LogP contribution in [0.5, 0.6) is 0 Å². The Bertz CT molecular complexity index is 912. The Labute approximate surface area is 186 Å². The molecule has 1 atom stereocenters. The molecule has 1 unspecified atom stereocenters. The zero-order valence-corrected chi connectivity index (χ0v) is 19.0. The fraction of sp³-hybridized carbons (Fsp3) is 0.650. The van der Waals surface area contributed by atoms with Crippen molar-refractivity contribution in [1.29, 1.82) is 0 Å². The van der Waals surface area contributed by atoms with Gasteiger partial charge in [0.15, 0.2) is 0 Å². The average Bonchev–Trinajstić information content (AvgIpc) is 2.74. The van der Waals surface area contributed by atoms with Gasteiger partial charge in [-0.2, -0.15) is 17.5 Å². The third-order valence-electron chi connectivity index (χ3n) is 5.78. The summed E-state index contributed by atoms with van der Waals surface area (Å²) in [5.41, 5.74) is 0.929. The van der Waals surface area contributed by atoms with Gasteiger partial charge in [-0.25, -0.2) is 8.42 Å². The maximum atomic E-state index is 13.0. The fourth-order valence-corrected chi connectivity index (χ4v) is 5.52. The molecule has 0 radical (unpaired) electrons. The van der Waals surface area contributed by atoms with Crippen LogP contribution in [0.25, 0.3) is 0 Å². The monoisotopic (exact) mass is 478 g/mol. The number of rotatable bonds is 6. The summed E-state index contributed by atoms with van der Waals surface area (Å²) in [5, 5.41) is 2.75. The quantitative estimate of drug-likeness (QED) is 0.668. The van der Waals surface area contributed by atoms with E-state index in [2.05, 4.69) is 5.32 Å². The molecule has 0 spiro atoms. The zero-order valence-electron chi connectivity index (χ0n) is 18.2. The van der Waals surface area contributed by atoms with Crippen LogP contribution in [0.3, 0.4) is 0 Å². The van der Waals surface area contributed by atoms with E-state index in [0.717, 1.165) is 0 Å². The molecule has 32 heavy (non-hydrogen) atoms. The number of amides is 1. The Balaban J connectivity index is 1.63. The molecule has 1 aromatic rings. The molecule has 1 aromatic carbocycles. The van der Waals surface area contributed by atoms with Gasteiger partial charge in [0.05, 0.1) is 30.7 Å². The Morgan fingerprint density at radius 1 is 1.12 bits per heavy atom. The van der Waals surface area contributed by atoms with E-state index in [1.54, 1.807) is 26.0 Å². The van der Waals surface area contributed by atoms with Crippen molar-refractivity contribution in [3.05, 3.63) is 23.8 Å². The van der Waals surface area contributed by atoms with Crippen LogP contribution in [-0.2, 0) is 19.6 Å². The minimum Gasteiger partial charge on any atom is -0.379 e. The number of morpholine rings is 1. The summed E-state index contributed by atoms with van der Waals surface area (Å²) < 4.78 is 70.3. The highest BCUT2D eigenvalue weighted by molar-refractivity contribution is 7.89. The number of benzene rings is 1. The van der Waals surface area contributed by atoms with Crippen molar-refractivity contribution in [1.82, 2.24) is 14.1 Å². The number of carbonyl (C=O) groups excluding carboxylic acids is 1. The summed E-state index contributed by atoms with van der Waals surface area (Å²) >= 11 is 0. The molecule has 1 N–H and O–H groups in total. The minimum atomic E-state index is -4.24. The number of sulfonamides is 1. The summed E-state index contributed by atoms with van der Waals surface area (Å²) in [6, 6.07) is 4.17. The molecule has 1 amide bonds. The molecule has 0 bridgehead atoms. The standard InChI is InChI=1S/C20H29F3N4O4S/c1-15-3-4-17(13-18(15)32(29,30)27-9-11-31-12-10-27)24-19(28)16(2)26-7-5-25(6-8-26)14-20(21,22)23/h3-4,13,16H,5-12,14H2,1-2H3,(H,24,28). The van der Waals surface area contributed by atoms with Crippen LogP contribution in [0.15, 0.2) is 23.1 Å². The van der Waals surface area contributed by atoms with Crippen molar-refractivity contribution in [2.45, 2.75) is 31.0 Å². The second kappa shape index (κ2) is 10.0. The highest BCUT2D eigenvalue weighted by Crippen LogP contribution is 2.25. The van der Waals surface area contributed by atoms with Gasteiger partial charge >= 0.3 is 6.18 Å². The van der Waals surface area contributed by atoms with Crippen LogP contribution in [0.2, 0.25) is 0 Å². The van der Waals surface area contributed by atoms with Gasteiger partial charge in [-0.3, -0.25) is 14.6 Å². The highest BCUT2D eigenvalue weighted by Gasteiger charge is 2.34. The SMILES string of the molecule is Cc1ccc(NC(=O)C(C)N2CCN(CC(F)(F)F)CC2)cc1S(=O)(=O)N1CCOCC1. The summed E-state index contributed by atoms with van der Waals surface area (Å²) in [5.74, 6) is -0.340. The van der Waals surface area contributed by atoms with E-state index in [9.17, 15) is 26.4 Å². The molecule has 8 nitrogen and oxygen atoms in total. The summed E-state index contributed by atoms with van der Waals surface area (Å²) in [6.45, 7) is 4.79. The Morgan fingerprint density at radius 3 is 2.34 bits per heavy atom. The van der Waals surface area contributed by atoms with Crippen molar-refractivity contribution in [3.8, 4) is 0 Å². The number of alkyl halides is 3. The molecular formula is C20H29F3N4O4S. The number of hydrogen-bond donors (Lipinski definition) is 1. The largest absolute Gasteiger partial charge is 0.401 e. The maximum Gasteiger partial charge on any atom is 0.401 e. The van der Waals surface area contributed by atoms with E-state index in [0.29, 0.717) is 37.6 Å². The first-order valence-electron chi connectivity index (χ1n) is 10.5. The van der Waals surface area contributed by atoms with E-state index >= 15 is 0 Å². The molecule has 2 aliphatic rings. The van der Waals surface area contributed by atoms with Gasteiger partial charge in [0.2, 0.25) is 15.9 Å². The van der Waals surface area contributed by atoms with E-state index in [-0.39, 0.29) is 37.0 Å². The lowest BCUT2D eigenvalue weighted by molar-refractivity contribution is -0.150. The van der Waals surface area contributed by atoms with E-state index in [1.807, 2.05) is 4.90 Å². The third kappa shape index (κ3) is 6.19. The third-order valence-corrected chi connectivity index (χ3v) is 7.82. The molecular weight excluding hydrogens is 449 g/mol. The van der Waals surface area contributed by atoms with Crippen LogP contribution in [0.4, 0.5) is 18.9 Å². The van der Waals surface area contributed by atoms with E-state index in [1.165, 1.54) is 15.3 Å². The van der Waals surface area contributed by atoms with Crippen molar-refractivity contribution in [3.63, 3.8) is 0 Å². The molecule has 12 heteroatoms. The molecule has 2 aliphatic heterocycles. The van der Waals surface area contributed by atoms with Crippen molar-refractivity contribution in [2.75, 3.05) is 64.3 Å². The smallest absolute Gasteiger partial charge is 0.379 e. The Kier molecular flexibility index (Phi) is 7.81. The average molecular weight is 479 g/mol. The van der Waals surface area contributed by atoms with Crippen LogP contribution >= 0.6 is 0 Å². The number of carbonyl (C=O) groups is 1. The predicted octanol–water partition coefficient (Wildman–Crippen LogP) is 1.52. The first-order valence-corrected chi connectivity index (χ1v) is 11.9. The normalized spacial score (nSPS) is 20.8. The number of hydrogen-bond acceptors (Lipinski definition) is 6. The molecule has 0 aliphatic carbocycles. The number of aryl methyl sites for hydroxylation is 1. The second-order valence-electron chi connectivity index (χ2n) is 8.09. The van der Waals surface area contributed by atoms with Gasteiger partial charge in [0, 0.05) is 45.0 Å². The maximum absolute atomic E-state index is 13.0. The summed E-state index contributed by atoms with van der Waals surface area (Å²) in [7, 11) is -3.72. The van der Waals surface area contributed by atoms with Gasteiger partial charge in [0.25, 0.3) is 0 Å². The number of piperazine rings is 1. The van der Waals surface area contributed by atoms with Gasteiger partial charge < -0.3 is 10.1 Å². The molecule has 2 fully saturated rings. The first kappa shape index (κ1) is 24.9. The fourth-order valence-electron chi connectivity index (χ4n) is 3.86. The molecule has 2 heterocycles. The van der Waals surface area contributed by atoms with Crippen LogP contribution in [-0.4, -0.2) is 99.7 Å². The van der Waals surface area contributed by atoms with E-state index in [4.69, 9.17) is 4.74 Å². The predicted molar refractivity (Wildman–Crippen MR) is 113 cm³/mol. The minimum absolute atomic E-state index is 0.130. The first-order chi connectivity index (χ1) is 15.0. The van der Waals surface area contributed by atoms with Gasteiger partial charge in [0.1, 0.15) is 0 Å². The topological polar surface area (TPSA) is 82.2 Å². The van der Waals surface area contributed by atoms with Crippen LogP contribution < -0.4 is 5.32 Å². The molecule has 0 aromatic heterocycles. The summed E-state index contributed by atoms with van der Waals surface area (Å²) in [6.07, 6.45) is -4.24. The number of anilines is 1. The summed E-state index contributed by atoms with van der Waals surface area (Å²) in [4.78, 5) is 16.0. The highest BCUT2D eigenvalue weighted by atomic mass is 32.2. The van der Waals surface area contributed by atoms with Crippen molar-refractivity contribution >= 4 is 21.6 Å². The number of ether oxygens (including phenoxy) is 1. The lowest BCUT2D eigenvalue weighted by Crippen LogP contribution is -2.54. The zero-order chi connectivity index (χ0) is 23.5. The number of nitrogens with one attached hydrogen (secondary N) is 1. The molecule has 2 saturated heterocycles. The lowest BCUT2D eigenvalue weighted by Gasteiger charge is -2.37.